The zero-order valence-electron chi connectivity index (χ0n) is 51.0. The van der Waals surface area contributed by atoms with E-state index in [9.17, 15) is 43.2 Å². The van der Waals surface area contributed by atoms with Crippen LogP contribution in [0.4, 0.5) is 0 Å². The van der Waals surface area contributed by atoms with Crippen molar-refractivity contribution in [3.8, 4) is 0 Å². The largest absolute Gasteiger partial charge is 0.480 e. The lowest BCUT2D eigenvalue weighted by Gasteiger charge is -2.03. The van der Waals surface area contributed by atoms with E-state index in [0.717, 1.165) is 103 Å². The van der Waals surface area contributed by atoms with Crippen molar-refractivity contribution in [2.75, 3.05) is 58.1 Å². The first-order valence-electron chi connectivity index (χ1n) is 28.7. The Bertz CT molecular complexity index is 1340. The molecular weight excluding hydrogens is 1170 g/mol. The molecule has 9 unspecified atom stereocenters. The summed E-state index contributed by atoms with van der Waals surface area (Å²) in [7, 11) is 0. The van der Waals surface area contributed by atoms with Gasteiger partial charge in [-0.1, -0.05) is 51.4 Å². The number of unbranched alkanes of at least 4 members (excludes halogenated alkanes) is 8. The standard InChI is InChI=1S/8C6H14N2O2.C3H7NO2S/c8*7-4-2-1-3-5(8)6(9)10;4-2(1-7)3(5)6/h8*5H,1-4,7-8H2,(H,9,10);2,7H,1,4H2,(H,5,6). The number of rotatable bonds is 42. The van der Waals surface area contributed by atoms with Crippen LogP contribution in [-0.2, 0) is 43.2 Å². The summed E-state index contributed by atoms with van der Waals surface area (Å²) in [6.07, 6.45) is 17.3. The fourth-order valence-electron chi connectivity index (χ4n) is 5.13. The van der Waals surface area contributed by atoms with E-state index in [1.807, 2.05) is 0 Å². The molecule has 36 heteroatoms. The van der Waals surface area contributed by atoms with Gasteiger partial charge in [0.05, 0.1) is 0 Å². The lowest BCUT2D eigenvalue weighted by atomic mass is 10.1. The molecule has 522 valence electrons. The number of hydrogen-bond acceptors (Lipinski definition) is 27. The summed E-state index contributed by atoms with van der Waals surface area (Å²) in [6.45, 7) is 4.83. The fraction of sp³-hybridized carbons (Fsp3) is 0.824. The van der Waals surface area contributed by atoms with Crippen molar-refractivity contribution >= 4 is 66.4 Å². The number of carboxylic acids is 9. The maximum absolute atomic E-state index is 10.1. The first-order valence-corrected chi connectivity index (χ1v) is 29.3. The second-order valence-corrected chi connectivity index (χ2v) is 19.3. The van der Waals surface area contributed by atoms with Gasteiger partial charge in [-0.2, -0.15) is 12.6 Å². The quantitative estimate of drug-likeness (QED) is 0.0202. The van der Waals surface area contributed by atoms with E-state index >= 15 is 0 Å². The van der Waals surface area contributed by atoms with Gasteiger partial charge in [0.15, 0.2) is 0 Å². The summed E-state index contributed by atoms with van der Waals surface area (Å²) in [5.74, 6) is -8.28. The van der Waals surface area contributed by atoms with E-state index in [1.54, 1.807) is 0 Å². The summed E-state index contributed by atoms with van der Waals surface area (Å²) in [5, 5.41) is 74.6. The molecule has 9 atom stereocenters. The van der Waals surface area contributed by atoms with Crippen molar-refractivity contribution in [3.05, 3.63) is 0 Å². The summed E-state index contributed by atoms with van der Waals surface area (Å²) >= 11 is 3.65. The Balaban J connectivity index is -0.000000113. The smallest absolute Gasteiger partial charge is 0.321 e. The van der Waals surface area contributed by atoms with Crippen LogP contribution in [0.5, 0.6) is 0 Å². The Morgan fingerprint density at radius 1 is 0.207 bits per heavy atom. The molecule has 0 bridgehead atoms. The van der Waals surface area contributed by atoms with E-state index in [-0.39, 0.29) is 5.75 Å². The molecule has 0 amide bonds. The molecule has 0 aliphatic heterocycles. The van der Waals surface area contributed by atoms with Crippen LogP contribution >= 0.6 is 12.6 Å². The summed E-state index contributed by atoms with van der Waals surface area (Å²) in [5.41, 5.74) is 88.3. The molecule has 0 aliphatic carbocycles. The number of hydrogen-bond donors (Lipinski definition) is 27. The average Bonchev–Trinajstić information content (AvgIpc) is 3.46. The Morgan fingerprint density at radius 3 is 0.345 bits per heavy atom. The molecule has 0 heterocycles. The maximum Gasteiger partial charge on any atom is 0.321 e. The van der Waals surface area contributed by atoms with Gasteiger partial charge in [0.2, 0.25) is 0 Å². The SMILES string of the molecule is NC(CS)C(=O)O.NCCCCC(N)C(=O)O.NCCCCC(N)C(=O)O.NCCCCC(N)C(=O)O.NCCCCC(N)C(=O)O.NCCCCC(N)C(=O)O.NCCCCC(N)C(=O)O.NCCCCC(N)C(=O)O.NCCCCC(N)C(=O)O. The number of nitrogens with two attached hydrogens (primary N) is 17. The van der Waals surface area contributed by atoms with Gasteiger partial charge < -0.3 is 143 Å². The topological polar surface area (TPSA) is 778 Å². The van der Waals surface area contributed by atoms with Crippen molar-refractivity contribution in [1.29, 1.82) is 0 Å². The van der Waals surface area contributed by atoms with Gasteiger partial charge in [-0.3, -0.25) is 43.2 Å². The molecule has 0 saturated heterocycles. The Labute approximate surface area is 518 Å². The molecule has 0 fully saturated rings. The average molecular weight is 1290 g/mol. The van der Waals surface area contributed by atoms with Gasteiger partial charge >= 0.3 is 53.7 Å². The summed E-state index contributed by atoms with van der Waals surface area (Å²) < 4.78 is 0. The molecular formula is C51H119N17O18S. The lowest BCUT2D eigenvalue weighted by molar-refractivity contribution is -0.139. The van der Waals surface area contributed by atoms with Gasteiger partial charge in [-0.15, -0.1) is 0 Å². The van der Waals surface area contributed by atoms with Gasteiger partial charge in [0.1, 0.15) is 54.4 Å². The van der Waals surface area contributed by atoms with Crippen LogP contribution in [0, 0.1) is 0 Å². The third kappa shape index (κ3) is 94.8. The van der Waals surface area contributed by atoms with Gasteiger partial charge in [-0.05, 0) is 155 Å². The molecule has 35 nitrogen and oxygen atoms in total. The van der Waals surface area contributed by atoms with E-state index in [1.165, 1.54) is 0 Å². The molecule has 0 aliphatic rings. The number of aliphatic carboxylic acids is 9. The van der Waals surface area contributed by atoms with Crippen LogP contribution in [0.2, 0.25) is 0 Å². The van der Waals surface area contributed by atoms with E-state index < -0.39 is 108 Å². The predicted octanol–water partition coefficient (Wildman–Crippen LogP) is -4.45. The second kappa shape index (κ2) is 77.0. The molecule has 0 aromatic heterocycles. The minimum absolute atomic E-state index is 0.190. The third-order valence-corrected chi connectivity index (χ3v) is 11.2. The number of thiol groups is 1. The predicted molar refractivity (Wildman–Crippen MR) is 338 cm³/mol. The first-order chi connectivity index (χ1) is 40.6. The minimum atomic E-state index is -1.00. The Kier molecular flexibility index (Phi) is 89.3. The van der Waals surface area contributed by atoms with E-state index in [2.05, 4.69) is 12.6 Å². The highest BCUT2D eigenvalue weighted by molar-refractivity contribution is 7.80. The first kappa shape index (κ1) is 101. The molecule has 0 rings (SSSR count). The van der Waals surface area contributed by atoms with E-state index in [0.29, 0.717) is 104 Å². The van der Waals surface area contributed by atoms with Crippen LogP contribution < -0.4 is 97.5 Å². The second-order valence-electron chi connectivity index (χ2n) is 19.0. The number of carboxylic acid groups (broad SMARTS) is 9. The molecule has 0 saturated carbocycles. The van der Waals surface area contributed by atoms with Crippen molar-refractivity contribution in [1.82, 2.24) is 0 Å². The van der Waals surface area contributed by atoms with E-state index in [4.69, 9.17) is 143 Å². The molecule has 43 N–H and O–H groups in total. The molecule has 0 aromatic rings. The highest BCUT2D eigenvalue weighted by Gasteiger charge is 2.14. The third-order valence-electron chi connectivity index (χ3n) is 10.8. The van der Waals surface area contributed by atoms with Crippen LogP contribution in [0.1, 0.15) is 154 Å². The number of carbonyl (C=O) groups is 9. The zero-order valence-corrected chi connectivity index (χ0v) is 51.9. The van der Waals surface area contributed by atoms with Crippen molar-refractivity contribution < 1.29 is 89.1 Å². The summed E-state index contributed by atoms with van der Waals surface area (Å²) in [6, 6.07) is -6.55. The van der Waals surface area contributed by atoms with Crippen molar-refractivity contribution in [2.24, 2.45) is 97.5 Å². The van der Waals surface area contributed by atoms with Gasteiger partial charge in [0.25, 0.3) is 0 Å². The maximum atomic E-state index is 10.1. The molecule has 87 heavy (non-hydrogen) atoms. The van der Waals surface area contributed by atoms with Gasteiger partial charge in [-0.25, -0.2) is 0 Å². The van der Waals surface area contributed by atoms with Crippen molar-refractivity contribution in [2.45, 2.75) is 208 Å². The van der Waals surface area contributed by atoms with Crippen molar-refractivity contribution in [3.63, 3.8) is 0 Å². The Hall–Kier alpha value is -5.10. The highest BCUT2D eigenvalue weighted by Crippen LogP contribution is 2.02. The zero-order chi connectivity index (χ0) is 69.7. The highest BCUT2D eigenvalue weighted by atomic mass is 32.1. The van der Waals surface area contributed by atoms with Crippen LogP contribution in [0.25, 0.3) is 0 Å². The van der Waals surface area contributed by atoms with Crippen LogP contribution in [0.3, 0.4) is 0 Å². The summed E-state index contributed by atoms with van der Waals surface area (Å²) in [4.78, 5) is 90.9. The normalized spacial score (nSPS) is 13.0. The molecule has 0 aromatic carbocycles. The van der Waals surface area contributed by atoms with Crippen LogP contribution in [0.15, 0.2) is 0 Å². The fourth-order valence-corrected chi connectivity index (χ4v) is 5.29. The lowest BCUT2D eigenvalue weighted by Crippen LogP contribution is -2.31. The molecule has 0 spiro atoms. The monoisotopic (exact) mass is 1290 g/mol. The minimum Gasteiger partial charge on any atom is -0.480 e. The molecule has 0 radical (unpaired) electrons. The Morgan fingerprint density at radius 2 is 0.299 bits per heavy atom. The van der Waals surface area contributed by atoms with Gasteiger partial charge in [0, 0.05) is 5.75 Å². The van der Waals surface area contributed by atoms with Crippen LogP contribution in [-0.4, -0.2) is 212 Å².